The second-order valence-corrected chi connectivity index (χ2v) is 14.5. The Morgan fingerprint density at radius 3 is 2.58 bits per heavy atom. The number of nitrogens with zero attached hydrogens (tertiary/aromatic N) is 1. The van der Waals surface area contributed by atoms with Gasteiger partial charge in [0.2, 0.25) is 0 Å². The average molecular weight is 452 g/mol. The van der Waals surface area contributed by atoms with Crippen molar-refractivity contribution in [3.63, 3.8) is 0 Å². The molecule has 5 aliphatic carbocycles. The Bertz CT molecular complexity index is 991. The van der Waals surface area contributed by atoms with Crippen molar-refractivity contribution < 1.29 is 9.63 Å². The van der Waals surface area contributed by atoms with Crippen LogP contribution in [0.4, 0.5) is 0 Å². The minimum Gasteiger partial charge on any atom is -0.396 e. The molecule has 33 heavy (non-hydrogen) atoms. The third-order valence-corrected chi connectivity index (χ3v) is 12.7. The Kier molecular flexibility index (Phi) is 4.59. The van der Waals surface area contributed by atoms with Gasteiger partial charge in [-0.2, -0.15) is 0 Å². The van der Waals surface area contributed by atoms with E-state index in [4.69, 9.17) is 4.52 Å². The van der Waals surface area contributed by atoms with Gasteiger partial charge in [-0.15, -0.1) is 0 Å². The summed E-state index contributed by atoms with van der Waals surface area (Å²) < 4.78 is 5.75. The number of hydrogen-bond acceptors (Lipinski definition) is 3. The molecule has 3 nitrogen and oxygen atoms in total. The lowest BCUT2D eigenvalue weighted by Gasteiger charge is -2.70. The van der Waals surface area contributed by atoms with Gasteiger partial charge in [-0.25, -0.2) is 0 Å². The molecule has 5 aliphatic rings. The largest absolute Gasteiger partial charge is 0.396 e. The van der Waals surface area contributed by atoms with Gasteiger partial charge < -0.3 is 9.63 Å². The maximum absolute atomic E-state index is 10.7. The smallest absolute Gasteiger partial charge is 0.143 e. The minimum absolute atomic E-state index is 0.127. The minimum atomic E-state index is 0.127. The van der Waals surface area contributed by atoms with Crippen molar-refractivity contribution in [3.8, 4) is 0 Å². The van der Waals surface area contributed by atoms with Crippen LogP contribution in [-0.4, -0.2) is 16.9 Å². The van der Waals surface area contributed by atoms with Crippen LogP contribution in [0.3, 0.4) is 0 Å². The van der Waals surface area contributed by atoms with Crippen LogP contribution < -0.4 is 0 Å². The van der Waals surface area contributed by atoms with Gasteiger partial charge >= 0.3 is 0 Å². The van der Waals surface area contributed by atoms with Gasteiger partial charge in [0.15, 0.2) is 0 Å². The molecule has 0 spiro atoms. The fourth-order valence-corrected chi connectivity index (χ4v) is 10.5. The first kappa shape index (κ1) is 22.4. The highest BCUT2D eigenvalue weighted by atomic mass is 16.5. The Labute approximate surface area is 200 Å². The molecule has 0 radical (unpaired) electrons. The van der Waals surface area contributed by atoms with E-state index in [9.17, 15) is 5.11 Å². The van der Waals surface area contributed by atoms with Crippen LogP contribution in [0, 0.1) is 44.8 Å². The maximum Gasteiger partial charge on any atom is 0.143 e. The first-order chi connectivity index (χ1) is 15.5. The molecule has 0 bridgehead atoms. The zero-order valence-electron chi connectivity index (χ0n) is 21.8. The summed E-state index contributed by atoms with van der Waals surface area (Å²) in [5.41, 5.74) is 4.48. The molecule has 1 unspecified atom stereocenters. The summed E-state index contributed by atoms with van der Waals surface area (Å²) in [6.07, 6.45) is 15.8. The van der Waals surface area contributed by atoms with E-state index in [1.807, 2.05) is 6.20 Å². The van der Waals surface area contributed by atoms with Gasteiger partial charge in [0.25, 0.3) is 0 Å². The summed E-state index contributed by atoms with van der Waals surface area (Å²) in [5.74, 6) is 3.57. The second-order valence-electron chi connectivity index (χ2n) is 14.5. The van der Waals surface area contributed by atoms with Crippen LogP contribution in [-0.2, 0) is 6.42 Å². The second kappa shape index (κ2) is 6.77. The van der Waals surface area contributed by atoms with Crippen LogP contribution in [0.15, 0.2) is 22.4 Å². The number of fused-ring (bicyclic) bond motifs is 8. The Morgan fingerprint density at radius 2 is 1.82 bits per heavy atom. The van der Waals surface area contributed by atoms with Crippen molar-refractivity contribution in [2.24, 2.45) is 44.8 Å². The van der Waals surface area contributed by atoms with Gasteiger partial charge in [0, 0.05) is 23.5 Å². The Hall–Kier alpha value is -1.09. The van der Waals surface area contributed by atoms with Gasteiger partial charge in [-0.05, 0) is 97.2 Å². The molecule has 0 aromatic carbocycles. The molecule has 182 valence electrons. The third kappa shape index (κ3) is 2.69. The lowest BCUT2D eigenvalue weighted by atomic mass is 9.34. The molecule has 3 fully saturated rings. The molecule has 0 aliphatic heterocycles. The summed E-state index contributed by atoms with van der Waals surface area (Å²) >= 11 is 0. The summed E-state index contributed by atoms with van der Waals surface area (Å²) in [6.45, 7) is 15.6. The Balaban J connectivity index is 1.44. The van der Waals surface area contributed by atoms with Gasteiger partial charge in [0.05, 0.1) is 6.20 Å². The molecule has 1 aromatic heterocycles. The molecule has 1 aromatic rings. The zero-order chi connectivity index (χ0) is 23.4. The van der Waals surface area contributed by atoms with Crippen LogP contribution in [0.1, 0.15) is 110 Å². The quantitative estimate of drug-likeness (QED) is 0.455. The fourth-order valence-electron chi connectivity index (χ4n) is 10.5. The lowest BCUT2D eigenvalue weighted by molar-refractivity contribution is -0.157. The van der Waals surface area contributed by atoms with E-state index in [0.29, 0.717) is 46.5 Å². The van der Waals surface area contributed by atoms with Crippen molar-refractivity contribution >= 4 is 0 Å². The monoisotopic (exact) mass is 451 g/mol. The number of allylic oxidation sites excluding steroid dienone is 2. The van der Waals surface area contributed by atoms with Crippen molar-refractivity contribution in [1.82, 2.24) is 5.16 Å². The molecule has 8 atom stereocenters. The molecule has 1 heterocycles. The topological polar surface area (TPSA) is 46.3 Å². The summed E-state index contributed by atoms with van der Waals surface area (Å²) in [6, 6.07) is 0. The number of hydrogen-bond donors (Lipinski definition) is 1. The van der Waals surface area contributed by atoms with E-state index in [-0.39, 0.29) is 10.8 Å². The highest BCUT2D eigenvalue weighted by Crippen LogP contribution is 2.74. The van der Waals surface area contributed by atoms with Crippen LogP contribution in [0.5, 0.6) is 0 Å². The number of rotatable bonds is 1. The SMILES string of the molecule is C[C@@H]1c2oncc2C[C@]2(C)[C@H]3CC=C4C5CC(C)(C)CC[C@]5(CO)CC[C@@]4(C)[C@]3(C)CC[C@@H]12. The van der Waals surface area contributed by atoms with Gasteiger partial charge in [0.1, 0.15) is 5.76 Å². The van der Waals surface area contributed by atoms with Crippen LogP contribution in [0.2, 0.25) is 0 Å². The molecule has 0 amide bonds. The van der Waals surface area contributed by atoms with E-state index in [1.165, 1.54) is 56.9 Å². The average Bonchev–Trinajstić information content (AvgIpc) is 3.22. The zero-order valence-corrected chi connectivity index (χ0v) is 21.8. The number of aliphatic hydroxyl groups is 1. The summed E-state index contributed by atoms with van der Waals surface area (Å²) in [4.78, 5) is 0. The third-order valence-electron chi connectivity index (χ3n) is 12.7. The van der Waals surface area contributed by atoms with Crippen molar-refractivity contribution in [1.29, 1.82) is 0 Å². The molecule has 0 saturated heterocycles. The summed E-state index contributed by atoms with van der Waals surface area (Å²) in [5, 5.41) is 14.9. The van der Waals surface area contributed by atoms with E-state index >= 15 is 0 Å². The first-order valence-electron chi connectivity index (χ1n) is 13.7. The normalized spacial score (nSPS) is 50.2. The van der Waals surface area contributed by atoms with Gasteiger partial charge in [-0.1, -0.05) is 58.3 Å². The Morgan fingerprint density at radius 1 is 1.06 bits per heavy atom. The predicted octanol–water partition coefficient (Wildman–Crippen LogP) is 7.31. The maximum atomic E-state index is 10.7. The molecule has 3 saturated carbocycles. The van der Waals surface area contributed by atoms with E-state index in [1.54, 1.807) is 5.57 Å². The lowest BCUT2D eigenvalue weighted by Crippen LogP contribution is -2.62. The van der Waals surface area contributed by atoms with E-state index in [2.05, 4.69) is 52.8 Å². The predicted molar refractivity (Wildman–Crippen MR) is 132 cm³/mol. The van der Waals surface area contributed by atoms with Crippen molar-refractivity contribution in [3.05, 3.63) is 29.2 Å². The summed E-state index contributed by atoms with van der Waals surface area (Å²) in [7, 11) is 0. The molecule has 6 rings (SSSR count). The highest BCUT2D eigenvalue weighted by Gasteiger charge is 2.67. The fraction of sp³-hybridized carbons (Fsp3) is 0.833. The highest BCUT2D eigenvalue weighted by molar-refractivity contribution is 5.35. The standard InChI is InChI=1S/C30H45NO2/c1-19-21-9-10-29(6)24(27(21,4)15-20-17-31-33-25(19)20)8-7-22-23-16-26(2,3)11-13-30(23,18-32)14-12-28(22,29)5/h7,17,19,21,23-24,32H,8-16,18H2,1-6H3/t19-,21-,23?,24+,27-,28+,29+,30+/m0/s1. The number of aliphatic hydroxyl groups excluding tert-OH is 1. The molecular formula is C30H45NO2. The van der Waals surface area contributed by atoms with Crippen molar-refractivity contribution in [2.45, 2.75) is 105 Å². The first-order valence-corrected chi connectivity index (χ1v) is 13.7. The van der Waals surface area contributed by atoms with Crippen molar-refractivity contribution in [2.75, 3.05) is 6.61 Å². The molecule has 1 N–H and O–H groups in total. The van der Waals surface area contributed by atoms with E-state index < -0.39 is 0 Å². The number of aromatic nitrogens is 1. The molecule has 3 heteroatoms. The molecular weight excluding hydrogens is 406 g/mol. The van der Waals surface area contributed by atoms with Gasteiger partial charge in [-0.3, -0.25) is 0 Å². The van der Waals surface area contributed by atoms with Crippen LogP contribution >= 0.6 is 0 Å². The van der Waals surface area contributed by atoms with Crippen LogP contribution in [0.25, 0.3) is 0 Å². The van der Waals surface area contributed by atoms with E-state index in [0.717, 1.165) is 12.2 Å².